The lowest BCUT2D eigenvalue weighted by molar-refractivity contribution is -0.0481. The summed E-state index contributed by atoms with van der Waals surface area (Å²) >= 11 is 0. The van der Waals surface area contributed by atoms with Gasteiger partial charge in [0.2, 0.25) is 0 Å². The molecule has 1 radical (unpaired) electrons. The Morgan fingerprint density at radius 1 is 0.905 bits per heavy atom. The van der Waals surface area contributed by atoms with Crippen molar-refractivity contribution >= 4 is 0 Å². The lowest BCUT2D eigenvalue weighted by Crippen LogP contribution is -2.50. The second kappa shape index (κ2) is 17.6. The molecule has 3 saturated carbocycles. The monoisotopic (exact) mass is 580 g/mol. The maximum absolute atomic E-state index is 4.33. The largest absolute Gasteiger partial charge is 0.0995 e. The number of fused-ring (bicyclic) bond motifs is 5. The summed E-state index contributed by atoms with van der Waals surface area (Å²) in [6.45, 7) is 29.9. The third-order valence-corrected chi connectivity index (χ3v) is 12.3. The van der Waals surface area contributed by atoms with E-state index in [9.17, 15) is 0 Å². The molecule has 243 valence electrons. The number of allylic oxidation sites excluding steroid dienone is 5. The van der Waals surface area contributed by atoms with Crippen molar-refractivity contribution < 1.29 is 0 Å². The normalized spacial score (nSPS) is 34.0. The second-order valence-electron chi connectivity index (χ2n) is 15.9. The van der Waals surface area contributed by atoms with E-state index in [-0.39, 0.29) is 0 Å². The molecule has 0 aromatic carbocycles. The van der Waals surface area contributed by atoms with Gasteiger partial charge in [0.25, 0.3) is 0 Å². The molecule has 0 spiro atoms. The molecule has 42 heavy (non-hydrogen) atoms. The predicted octanol–water partition coefficient (Wildman–Crippen LogP) is 14.0. The zero-order valence-corrected chi connectivity index (χ0v) is 30.6. The molecule has 0 N–H and O–H groups in total. The third kappa shape index (κ3) is 9.61. The first-order valence-electron chi connectivity index (χ1n) is 18.9. The van der Waals surface area contributed by atoms with E-state index in [1.165, 1.54) is 102 Å². The van der Waals surface area contributed by atoms with Gasteiger partial charge in [-0.3, -0.25) is 0 Å². The van der Waals surface area contributed by atoms with Crippen LogP contribution in [0.2, 0.25) is 0 Å². The first-order chi connectivity index (χ1) is 20.0. The molecule has 5 aliphatic carbocycles. The van der Waals surface area contributed by atoms with Crippen LogP contribution >= 0.6 is 0 Å². The maximum Gasteiger partial charge on any atom is 0.00802 e. The van der Waals surface area contributed by atoms with Crippen molar-refractivity contribution in [1.82, 2.24) is 0 Å². The molecule has 0 heteroatoms. The fourth-order valence-electron chi connectivity index (χ4n) is 9.44. The van der Waals surface area contributed by atoms with Crippen LogP contribution in [-0.2, 0) is 0 Å². The van der Waals surface area contributed by atoms with Crippen LogP contribution < -0.4 is 0 Å². The average Bonchev–Trinajstić information content (AvgIpc) is 3.73. The van der Waals surface area contributed by atoms with Crippen LogP contribution in [0.15, 0.2) is 35.5 Å². The van der Waals surface area contributed by atoms with Crippen LogP contribution in [0.1, 0.15) is 172 Å². The van der Waals surface area contributed by atoms with E-state index in [2.05, 4.69) is 87.5 Å². The minimum atomic E-state index is 0.492. The van der Waals surface area contributed by atoms with Gasteiger partial charge in [-0.1, -0.05) is 144 Å². The van der Waals surface area contributed by atoms with Crippen molar-refractivity contribution in [1.29, 1.82) is 0 Å². The van der Waals surface area contributed by atoms with Gasteiger partial charge in [0, 0.05) is 6.42 Å². The topological polar surface area (TPSA) is 0 Å². The van der Waals surface area contributed by atoms with Crippen molar-refractivity contribution in [2.75, 3.05) is 0 Å². The fourth-order valence-corrected chi connectivity index (χ4v) is 9.44. The van der Waals surface area contributed by atoms with E-state index < -0.39 is 0 Å². The van der Waals surface area contributed by atoms with Crippen molar-refractivity contribution in [2.45, 2.75) is 172 Å². The van der Waals surface area contributed by atoms with E-state index >= 15 is 0 Å². The average molecular weight is 580 g/mol. The summed E-state index contributed by atoms with van der Waals surface area (Å²) in [5, 5.41) is 0. The molecule has 5 aliphatic rings. The molecule has 0 heterocycles. The minimum Gasteiger partial charge on any atom is -0.0995 e. The summed E-state index contributed by atoms with van der Waals surface area (Å²) in [5.74, 6) is 6.59. The maximum atomic E-state index is 4.33. The molecule has 0 saturated heterocycles. The molecule has 0 aromatic rings. The zero-order chi connectivity index (χ0) is 31.5. The van der Waals surface area contributed by atoms with Crippen molar-refractivity contribution in [3.8, 4) is 0 Å². The van der Waals surface area contributed by atoms with Crippen LogP contribution in [0, 0.1) is 58.7 Å². The number of hydrogen-bond donors (Lipinski definition) is 0. The van der Waals surface area contributed by atoms with Crippen molar-refractivity contribution in [3.63, 3.8) is 0 Å². The number of hydrogen-bond acceptors (Lipinski definition) is 0. The quantitative estimate of drug-likeness (QED) is 0.238. The highest BCUT2D eigenvalue weighted by Crippen LogP contribution is 2.67. The lowest BCUT2D eigenvalue weighted by atomic mass is 9.47. The van der Waals surface area contributed by atoms with Crippen LogP contribution in [0.3, 0.4) is 0 Å². The van der Waals surface area contributed by atoms with E-state index in [1.807, 2.05) is 13.8 Å². The van der Waals surface area contributed by atoms with Crippen LogP contribution in [0.25, 0.3) is 0 Å². The van der Waals surface area contributed by atoms with Gasteiger partial charge in [0.05, 0.1) is 0 Å². The zero-order valence-electron chi connectivity index (χ0n) is 30.6. The highest BCUT2D eigenvalue weighted by molar-refractivity contribution is 5.38. The summed E-state index contributed by atoms with van der Waals surface area (Å²) in [7, 11) is 0. The first-order valence-corrected chi connectivity index (χ1v) is 18.9. The Bertz CT molecular complexity index is 855. The first kappa shape index (κ1) is 37.4. The SMILES string of the molecule is C=C1CC[C@@]2(C)C(=CCC3C2CC[C@@]2(C)C3CC[C@@H]2C(C)CCCC(C)C)C1.CC.CCC.CCC(C)CCC1=C[CH]1. The van der Waals surface area contributed by atoms with Gasteiger partial charge < -0.3 is 0 Å². The molecule has 0 bridgehead atoms. The van der Waals surface area contributed by atoms with Gasteiger partial charge in [-0.15, -0.1) is 0 Å². The standard InChI is InChI=1S/C28H46.C9H15.C3H8.C2H6/c1-19(2)8-7-9-21(4)24-12-13-25-23-11-10-22-18-20(3)14-16-27(22,5)26(23)15-17-28(24,25)6;1-3-8(2)4-5-9-6-7-9;1-3-2;1-2/h10,19,21,23-26H,3,7-9,11-18H2,1-2,4-6H3;6-8H,3-5H2,1-2H3;3H2,1-2H3;1-2H3/t21?,23?,24-,25?,26?,27+,28-;;;/m1.../s1. The van der Waals surface area contributed by atoms with Gasteiger partial charge in [-0.2, -0.15) is 0 Å². The van der Waals surface area contributed by atoms with E-state index in [0.29, 0.717) is 10.8 Å². The molecular weight excluding hydrogens is 504 g/mol. The molecule has 0 nitrogen and oxygen atoms in total. The molecule has 0 amide bonds. The van der Waals surface area contributed by atoms with Gasteiger partial charge in [-0.25, -0.2) is 0 Å². The highest BCUT2D eigenvalue weighted by Gasteiger charge is 2.58. The van der Waals surface area contributed by atoms with Gasteiger partial charge >= 0.3 is 0 Å². The van der Waals surface area contributed by atoms with E-state index in [4.69, 9.17) is 0 Å². The van der Waals surface area contributed by atoms with Crippen LogP contribution in [0.4, 0.5) is 0 Å². The van der Waals surface area contributed by atoms with Crippen LogP contribution in [0.5, 0.6) is 0 Å². The van der Waals surface area contributed by atoms with Crippen molar-refractivity contribution in [2.24, 2.45) is 52.3 Å². The third-order valence-electron chi connectivity index (χ3n) is 12.3. The van der Waals surface area contributed by atoms with E-state index in [1.54, 1.807) is 11.1 Å². The Hall–Kier alpha value is -0.780. The molecular formula is C42H75. The Labute approximate surface area is 266 Å². The summed E-state index contributed by atoms with van der Waals surface area (Å²) < 4.78 is 0. The summed E-state index contributed by atoms with van der Waals surface area (Å²) in [5.41, 5.74) is 5.93. The van der Waals surface area contributed by atoms with Gasteiger partial charge in [-0.05, 0) is 116 Å². The smallest absolute Gasteiger partial charge is 0.00802 e. The fraction of sp³-hybridized carbons (Fsp3) is 0.833. The van der Waals surface area contributed by atoms with Gasteiger partial charge in [0.15, 0.2) is 0 Å². The highest BCUT2D eigenvalue weighted by atomic mass is 14.6. The molecule has 3 fully saturated rings. The van der Waals surface area contributed by atoms with Crippen LogP contribution in [-0.4, -0.2) is 0 Å². The second-order valence-corrected chi connectivity index (χ2v) is 15.9. The summed E-state index contributed by atoms with van der Waals surface area (Å²) in [6.07, 6.45) is 27.9. The molecule has 8 atom stereocenters. The Morgan fingerprint density at radius 3 is 2.17 bits per heavy atom. The van der Waals surface area contributed by atoms with E-state index in [0.717, 1.165) is 41.4 Å². The molecule has 0 aliphatic heterocycles. The molecule has 5 rings (SSSR count). The van der Waals surface area contributed by atoms with Crippen molar-refractivity contribution in [3.05, 3.63) is 41.9 Å². The Kier molecular flexibility index (Phi) is 15.7. The molecule has 5 unspecified atom stereocenters. The Balaban J connectivity index is 0.000000367. The number of rotatable bonds is 9. The summed E-state index contributed by atoms with van der Waals surface area (Å²) in [4.78, 5) is 0. The summed E-state index contributed by atoms with van der Waals surface area (Å²) in [6, 6.07) is 0. The Morgan fingerprint density at radius 2 is 1.57 bits per heavy atom. The lowest BCUT2D eigenvalue weighted by Gasteiger charge is -2.58. The predicted molar refractivity (Wildman–Crippen MR) is 191 cm³/mol. The molecule has 0 aromatic heterocycles. The van der Waals surface area contributed by atoms with Gasteiger partial charge in [0.1, 0.15) is 0 Å². The minimum absolute atomic E-state index is 0.492.